The van der Waals surface area contributed by atoms with E-state index in [1.165, 1.54) is 12.8 Å². The molecule has 0 radical (unpaired) electrons. The van der Waals surface area contributed by atoms with E-state index in [1.54, 1.807) is 0 Å². The van der Waals surface area contributed by atoms with E-state index < -0.39 is 0 Å². The van der Waals surface area contributed by atoms with E-state index in [1.807, 2.05) is 0 Å². The second-order valence-electron chi connectivity index (χ2n) is 2.41. The van der Waals surface area contributed by atoms with E-state index >= 15 is 0 Å². The fraction of sp³-hybridized carbons (Fsp3) is 1.00. The molecular weight excluding hydrogens is 147 g/mol. The molecule has 50 valence electrons. The molecule has 0 saturated heterocycles. The summed E-state index contributed by atoms with van der Waals surface area (Å²) >= 11 is 10.2. The van der Waals surface area contributed by atoms with Crippen LogP contribution in [0.4, 0.5) is 0 Å². The second kappa shape index (κ2) is 4.96. The predicted octanol–water partition coefficient (Wildman–Crippen LogP) is 1.82. The van der Waals surface area contributed by atoms with Crippen LogP contribution >= 0.6 is 24.2 Å². The van der Waals surface area contributed by atoms with Gasteiger partial charge in [-0.3, -0.25) is 0 Å². The Hall–Kier alpha value is 1.24. The molecule has 0 amide bonds. The molecule has 0 aliphatic heterocycles. The Kier molecular flexibility index (Phi) is 5.65. The van der Waals surface area contributed by atoms with Gasteiger partial charge in [0.25, 0.3) is 0 Å². The molecule has 1 fully saturated rings. The molecule has 0 heterocycles. The van der Waals surface area contributed by atoms with Gasteiger partial charge in [-0.25, -0.2) is 0 Å². The van der Waals surface area contributed by atoms with Crippen molar-refractivity contribution in [3.8, 4) is 0 Å². The van der Waals surface area contributed by atoms with Crippen LogP contribution in [0.2, 0.25) is 0 Å². The Balaban J connectivity index is 0.000000640. The Labute approximate surface area is 79.3 Å². The molecule has 0 aromatic rings. The molecule has 0 unspecified atom stereocenters. The molecule has 3 heteroatoms. The van der Waals surface area contributed by atoms with Gasteiger partial charge in [-0.05, 0) is 25.7 Å². The third-order valence-corrected chi connectivity index (χ3v) is 2.58. The number of thiol groups is 1. The zero-order valence-electron chi connectivity index (χ0n) is 4.81. The first-order valence-electron chi connectivity index (χ1n) is 3.11. The van der Waals surface area contributed by atoms with Crippen molar-refractivity contribution >= 4 is 43.1 Å². The summed E-state index contributed by atoms with van der Waals surface area (Å²) in [5, 5.41) is 1.07. The third kappa shape index (κ3) is 3.83. The van der Waals surface area contributed by atoms with Crippen molar-refractivity contribution in [2.24, 2.45) is 0 Å². The van der Waals surface area contributed by atoms with Gasteiger partial charge in [0.1, 0.15) is 0 Å². The number of rotatable bonds is 0. The van der Waals surface area contributed by atoms with Gasteiger partial charge in [-0.2, -0.15) is 12.6 Å². The number of alkyl halides is 1. The molecule has 1 rings (SSSR count). The molecule has 0 aromatic carbocycles. The fourth-order valence-corrected chi connectivity index (χ4v) is 1.59. The van der Waals surface area contributed by atoms with E-state index in [2.05, 4.69) is 12.6 Å². The fourth-order valence-electron chi connectivity index (χ4n) is 1.04. The Morgan fingerprint density at radius 1 is 1.11 bits per heavy atom. The van der Waals surface area contributed by atoms with Gasteiger partial charge >= 0.3 is 18.9 Å². The molecule has 0 spiro atoms. The van der Waals surface area contributed by atoms with Crippen LogP contribution in [-0.4, -0.2) is 29.5 Å². The van der Waals surface area contributed by atoms with Crippen LogP contribution in [0.15, 0.2) is 0 Å². The minimum absolute atomic E-state index is 0. The topological polar surface area (TPSA) is 0 Å². The first-order chi connectivity index (χ1) is 3.79. The average molecular weight is 159 g/mol. The van der Waals surface area contributed by atoms with Crippen LogP contribution < -0.4 is 0 Å². The number of hydrogen-bond donors (Lipinski definition) is 1. The van der Waals surface area contributed by atoms with Crippen LogP contribution in [0.5, 0.6) is 0 Å². The summed E-state index contributed by atoms with van der Waals surface area (Å²) in [6.45, 7) is 0. The van der Waals surface area contributed by atoms with Crippen molar-refractivity contribution in [1.29, 1.82) is 0 Å². The third-order valence-electron chi connectivity index (χ3n) is 1.63. The molecule has 0 aromatic heterocycles. The maximum atomic E-state index is 5.85. The standard InChI is InChI=1S/C6H11ClS.Li.H/c7-5-1-3-6(8)4-2-5;;/h5-6,8H,1-4H2;;. The molecule has 9 heavy (non-hydrogen) atoms. The average Bonchev–Trinajstić information content (AvgIpc) is 1.77. The van der Waals surface area contributed by atoms with Gasteiger partial charge in [0.2, 0.25) is 0 Å². The van der Waals surface area contributed by atoms with Gasteiger partial charge in [0.05, 0.1) is 0 Å². The molecule has 0 atom stereocenters. The molecular formula is C6H12ClLiS. The van der Waals surface area contributed by atoms with Crippen LogP contribution in [0.25, 0.3) is 0 Å². The monoisotopic (exact) mass is 158 g/mol. The van der Waals surface area contributed by atoms with Crippen molar-refractivity contribution in [3.63, 3.8) is 0 Å². The van der Waals surface area contributed by atoms with Gasteiger partial charge < -0.3 is 0 Å². The summed E-state index contributed by atoms with van der Waals surface area (Å²) in [7, 11) is 0. The van der Waals surface area contributed by atoms with Crippen LogP contribution in [0.1, 0.15) is 25.7 Å². The summed E-state index contributed by atoms with van der Waals surface area (Å²) in [6, 6.07) is 0. The maximum absolute atomic E-state index is 5.85. The Morgan fingerprint density at radius 3 is 1.89 bits per heavy atom. The summed E-state index contributed by atoms with van der Waals surface area (Å²) in [4.78, 5) is 0. The first kappa shape index (κ1) is 10.2. The second-order valence-corrected chi connectivity index (χ2v) is 3.75. The van der Waals surface area contributed by atoms with Crippen molar-refractivity contribution in [2.75, 3.05) is 0 Å². The van der Waals surface area contributed by atoms with E-state index in [0.29, 0.717) is 10.6 Å². The molecule has 0 N–H and O–H groups in total. The van der Waals surface area contributed by atoms with Crippen LogP contribution in [-0.2, 0) is 0 Å². The first-order valence-corrected chi connectivity index (χ1v) is 4.06. The molecule has 0 bridgehead atoms. The summed E-state index contributed by atoms with van der Waals surface area (Å²) in [5.74, 6) is 0. The van der Waals surface area contributed by atoms with Gasteiger partial charge in [-0.15, -0.1) is 11.6 Å². The summed E-state index contributed by atoms with van der Waals surface area (Å²) in [5.41, 5.74) is 0. The SMILES string of the molecule is SC1CCC(Cl)CC1.[LiH]. The van der Waals surface area contributed by atoms with Crippen LogP contribution in [0.3, 0.4) is 0 Å². The van der Waals surface area contributed by atoms with E-state index in [0.717, 1.165) is 12.8 Å². The number of halogens is 1. The van der Waals surface area contributed by atoms with Crippen molar-refractivity contribution in [2.45, 2.75) is 36.3 Å². The van der Waals surface area contributed by atoms with Crippen molar-refractivity contribution in [3.05, 3.63) is 0 Å². The Morgan fingerprint density at radius 2 is 1.56 bits per heavy atom. The summed E-state index contributed by atoms with van der Waals surface area (Å²) in [6.07, 6.45) is 4.74. The van der Waals surface area contributed by atoms with Crippen molar-refractivity contribution < 1.29 is 0 Å². The van der Waals surface area contributed by atoms with Gasteiger partial charge in [0, 0.05) is 10.6 Å². The normalized spacial score (nSPS) is 35.3. The molecule has 1 aliphatic carbocycles. The molecule has 0 nitrogen and oxygen atoms in total. The zero-order valence-corrected chi connectivity index (χ0v) is 6.46. The van der Waals surface area contributed by atoms with E-state index in [9.17, 15) is 0 Å². The Bertz CT molecular complexity index is 61.5. The quantitative estimate of drug-likeness (QED) is 0.310. The summed E-state index contributed by atoms with van der Waals surface area (Å²) < 4.78 is 0. The van der Waals surface area contributed by atoms with Gasteiger partial charge in [-0.1, -0.05) is 0 Å². The number of hydrogen-bond acceptors (Lipinski definition) is 1. The zero-order chi connectivity index (χ0) is 5.98. The molecule has 1 saturated carbocycles. The predicted molar refractivity (Wildman–Crippen MR) is 48.0 cm³/mol. The van der Waals surface area contributed by atoms with Crippen LogP contribution in [0, 0.1) is 0 Å². The minimum atomic E-state index is 0. The van der Waals surface area contributed by atoms with Crippen molar-refractivity contribution in [1.82, 2.24) is 0 Å². The van der Waals surface area contributed by atoms with E-state index in [4.69, 9.17) is 11.6 Å². The van der Waals surface area contributed by atoms with Gasteiger partial charge in [0.15, 0.2) is 0 Å². The van der Waals surface area contributed by atoms with E-state index in [-0.39, 0.29) is 18.9 Å². The molecule has 1 aliphatic rings.